The van der Waals surface area contributed by atoms with Gasteiger partial charge in [0.2, 0.25) is 5.91 Å². The van der Waals surface area contributed by atoms with Gasteiger partial charge < -0.3 is 16.0 Å². The van der Waals surface area contributed by atoms with E-state index < -0.39 is 0 Å². The van der Waals surface area contributed by atoms with Gasteiger partial charge in [-0.1, -0.05) is 0 Å². The number of likely N-dealkylation sites (tertiary alicyclic amines) is 1. The number of benzene rings is 1. The van der Waals surface area contributed by atoms with Crippen molar-refractivity contribution in [3.8, 4) is 5.69 Å². The molecule has 1 atom stereocenters. The summed E-state index contributed by atoms with van der Waals surface area (Å²) in [6, 6.07) is 5.66. The number of rotatable bonds is 5. The minimum atomic E-state index is -0.357. The molecule has 2 aromatic rings. The smallest absolute Gasteiger partial charge is 0.276 e. The monoisotopic (exact) mass is 396 g/mol. The lowest BCUT2D eigenvalue weighted by Gasteiger charge is -2.31. The van der Waals surface area contributed by atoms with Gasteiger partial charge in [0.25, 0.3) is 5.91 Å². The van der Waals surface area contributed by atoms with E-state index in [-0.39, 0.29) is 41.7 Å². The van der Waals surface area contributed by atoms with Crippen molar-refractivity contribution in [2.75, 3.05) is 26.2 Å². The van der Waals surface area contributed by atoms with Gasteiger partial charge in [-0.2, -0.15) is 9.90 Å². The summed E-state index contributed by atoms with van der Waals surface area (Å²) >= 11 is 0. The molecule has 1 saturated heterocycles. The largest absolute Gasteiger partial charge is 0.355 e. The lowest BCUT2D eigenvalue weighted by Crippen LogP contribution is -2.46. The molecule has 27 heavy (non-hydrogen) atoms. The van der Waals surface area contributed by atoms with Crippen LogP contribution in [0, 0.1) is 11.7 Å². The summed E-state index contributed by atoms with van der Waals surface area (Å²) in [7, 11) is 0. The number of halogens is 2. The Morgan fingerprint density at radius 3 is 2.74 bits per heavy atom. The molecular formula is C17H22ClFN6O2. The van der Waals surface area contributed by atoms with Gasteiger partial charge in [0.1, 0.15) is 5.82 Å². The number of carbonyl (C=O) groups excluding carboxylic acids is 2. The van der Waals surface area contributed by atoms with E-state index >= 15 is 0 Å². The maximum atomic E-state index is 13.0. The molecule has 8 nitrogen and oxygen atoms in total. The van der Waals surface area contributed by atoms with Gasteiger partial charge in [-0.05, 0) is 37.1 Å². The highest BCUT2D eigenvalue weighted by Crippen LogP contribution is 2.18. The minimum Gasteiger partial charge on any atom is -0.355 e. The molecule has 1 aromatic heterocycles. The van der Waals surface area contributed by atoms with Crippen LogP contribution in [0.5, 0.6) is 0 Å². The van der Waals surface area contributed by atoms with Crippen LogP contribution in [0.25, 0.3) is 5.69 Å². The van der Waals surface area contributed by atoms with Crippen molar-refractivity contribution in [1.29, 1.82) is 0 Å². The van der Waals surface area contributed by atoms with Crippen molar-refractivity contribution < 1.29 is 14.0 Å². The topological polar surface area (TPSA) is 106 Å². The molecule has 10 heteroatoms. The third-order valence-electron chi connectivity index (χ3n) is 4.29. The van der Waals surface area contributed by atoms with Crippen LogP contribution in [0.1, 0.15) is 23.3 Å². The third kappa shape index (κ3) is 5.01. The summed E-state index contributed by atoms with van der Waals surface area (Å²) in [5, 5.41) is 11.0. The highest BCUT2D eigenvalue weighted by atomic mass is 35.5. The normalized spacial score (nSPS) is 16.5. The number of amides is 2. The van der Waals surface area contributed by atoms with Gasteiger partial charge >= 0.3 is 0 Å². The van der Waals surface area contributed by atoms with Crippen LogP contribution in [0.3, 0.4) is 0 Å². The molecule has 0 spiro atoms. The number of aromatic nitrogens is 3. The second-order valence-electron chi connectivity index (χ2n) is 6.17. The molecule has 1 aliphatic rings. The van der Waals surface area contributed by atoms with Gasteiger partial charge in [-0.25, -0.2) is 4.39 Å². The summed E-state index contributed by atoms with van der Waals surface area (Å²) in [5.41, 5.74) is 6.15. The maximum Gasteiger partial charge on any atom is 0.276 e. The predicted molar refractivity (Wildman–Crippen MR) is 99.3 cm³/mol. The van der Waals surface area contributed by atoms with E-state index in [9.17, 15) is 14.0 Å². The first-order valence-electron chi connectivity index (χ1n) is 8.54. The van der Waals surface area contributed by atoms with Gasteiger partial charge in [-0.3, -0.25) is 9.59 Å². The van der Waals surface area contributed by atoms with E-state index in [1.54, 1.807) is 4.90 Å². The highest BCUT2D eigenvalue weighted by molar-refractivity contribution is 5.92. The van der Waals surface area contributed by atoms with Crippen molar-refractivity contribution in [2.24, 2.45) is 11.7 Å². The van der Waals surface area contributed by atoms with E-state index in [0.29, 0.717) is 31.9 Å². The molecule has 2 amide bonds. The summed E-state index contributed by atoms with van der Waals surface area (Å²) in [5.74, 6) is -0.950. The quantitative estimate of drug-likeness (QED) is 0.775. The molecular weight excluding hydrogens is 375 g/mol. The fourth-order valence-electron chi connectivity index (χ4n) is 2.94. The van der Waals surface area contributed by atoms with E-state index in [4.69, 9.17) is 5.73 Å². The standard InChI is InChI=1S/C17H21FN6O2.ClH/c18-13-3-5-14(6-4-13)24-21-10-15(22-24)17(26)23-9-1-2-12(11-23)16(25)20-8-7-19;/h3-6,10,12H,1-2,7-9,11,19H2,(H,20,25);1H. The van der Waals surface area contributed by atoms with Crippen molar-refractivity contribution in [2.45, 2.75) is 12.8 Å². The lowest BCUT2D eigenvalue weighted by atomic mass is 9.97. The van der Waals surface area contributed by atoms with Gasteiger partial charge in [0.05, 0.1) is 17.8 Å². The molecule has 3 N–H and O–H groups in total. The van der Waals surface area contributed by atoms with Crippen LogP contribution in [-0.2, 0) is 4.79 Å². The van der Waals surface area contributed by atoms with Crippen LogP contribution in [0.4, 0.5) is 4.39 Å². The zero-order valence-electron chi connectivity index (χ0n) is 14.7. The van der Waals surface area contributed by atoms with Crippen molar-refractivity contribution >= 4 is 24.2 Å². The molecule has 1 fully saturated rings. The Bertz CT molecular complexity index is 782. The molecule has 0 aliphatic carbocycles. The Hall–Kier alpha value is -2.52. The second-order valence-corrected chi connectivity index (χ2v) is 6.17. The van der Waals surface area contributed by atoms with Crippen molar-refractivity contribution in [3.63, 3.8) is 0 Å². The third-order valence-corrected chi connectivity index (χ3v) is 4.29. The van der Waals surface area contributed by atoms with Gasteiger partial charge in [0, 0.05) is 26.2 Å². The summed E-state index contributed by atoms with van der Waals surface area (Å²) < 4.78 is 13.0. The van der Waals surface area contributed by atoms with Crippen LogP contribution >= 0.6 is 12.4 Å². The van der Waals surface area contributed by atoms with Crippen molar-refractivity contribution in [3.05, 3.63) is 42.0 Å². The average Bonchev–Trinajstić information content (AvgIpc) is 3.16. The van der Waals surface area contributed by atoms with Gasteiger partial charge in [-0.15, -0.1) is 17.5 Å². The number of carbonyl (C=O) groups is 2. The fraction of sp³-hybridized carbons (Fsp3) is 0.412. The number of nitrogens with one attached hydrogen (secondary N) is 1. The first-order valence-corrected chi connectivity index (χ1v) is 8.54. The van der Waals surface area contributed by atoms with Crippen LogP contribution in [0.2, 0.25) is 0 Å². The zero-order chi connectivity index (χ0) is 18.5. The Kier molecular flexibility index (Phi) is 7.26. The number of hydrogen-bond donors (Lipinski definition) is 2. The lowest BCUT2D eigenvalue weighted by molar-refractivity contribution is -0.126. The minimum absolute atomic E-state index is 0. The molecule has 1 aromatic carbocycles. The van der Waals surface area contributed by atoms with E-state index in [1.165, 1.54) is 35.3 Å². The molecule has 146 valence electrons. The Morgan fingerprint density at radius 2 is 2.04 bits per heavy atom. The average molecular weight is 397 g/mol. The Morgan fingerprint density at radius 1 is 1.30 bits per heavy atom. The number of hydrogen-bond acceptors (Lipinski definition) is 5. The molecule has 0 bridgehead atoms. The molecule has 3 rings (SSSR count). The molecule has 1 aliphatic heterocycles. The Labute approximate surface area is 162 Å². The van der Waals surface area contributed by atoms with Crippen LogP contribution in [0.15, 0.2) is 30.5 Å². The van der Waals surface area contributed by atoms with Crippen LogP contribution in [-0.4, -0.2) is 57.9 Å². The summed E-state index contributed by atoms with van der Waals surface area (Å²) in [4.78, 5) is 27.7. The molecule has 0 saturated carbocycles. The maximum absolute atomic E-state index is 13.0. The first kappa shape index (κ1) is 20.8. The van der Waals surface area contributed by atoms with E-state index in [2.05, 4.69) is 15.5 Å². The molecule has 2 heterocycles. The summed E-state index contributed by atoms with van der Waals surface area (Å²) in [6.45, 7) is 1.73. The van der Waals surface area contributed by atoms with E-state index in [1.807, 2.05) is 0 Å². The predicted octanol–water partition coefficient (Wildman–Crippen LogP) is 0.755. The molecule has 1 unspecified atom stereocenters. The fourth-order valence-corrected chi connectivity index (χ4v) is 2.94. The SMILES string of the molecule is Cl.NCCNC(=O)C1CCCN(C(=O)c2cnn(-c3ccc(F)cc3)n2)C1. The zero-order valence-corrected chi connectivity index (χ0v) is 15.5. The van der Waals surface area contributed by atoms with Crippen LogP contribution < -0.4 is 11.1 Å². The molecule has 0 radical (unpaired) electrons. The summed E-state index contributed by atoms with van der Waals surface area (Å²) in [6.07, 6.45) is 2.87. The van der Waals surface area contributed by atoms with Crippen molar-refractivity contribution in [1.82, 2.24) is 25.2 Å². The number of nitrogens with zero attached hydrogens (tertiary/aromatic N) is 4. The Balaban J connectivity index is 0.00000261. The van der Waals surface area contributed by atoms with Gasteiger partial charge in [0.15, 0.2) is 5.69 Å². The number of nitrogens with two attached hydrogens (primary N) is 1. The highest BCUT2D eigenvalue weighted by Gasteiger charge is 2.29. The first-order chi connectivity index (χ1) is 12.6. The number of piperidine rings is 1. The second kappa shape index (κ2) is 9.43. The van der Waals surface area contributed by atoms with E-state index in [0.717, 1.165) is 12.8 Å².